The number of ether oxygens (including phenoxy) is 1. The molecular formula is C17H18ClN3O3S. The molecule has 6 nitrogen and oxygen atoms in total. The Kier molecular flexibility index (Phi) is 4.52. The van der Waals surface area contributed by atoms with Crippen LogP contribution in [0.5, 0.6) is 5.19 Å². The number of amides is 2. The van der Waals surface area contributed by atoms with E-state index in [4.69, 9.17) is 16.3 Å². The molecule has 132 valence electrons. The third kappa shape index (κ3) is 3.43. The largest absolute Gasteiger partial charge is 0.467 e. The first-order valence-corrected chi connectivity index (χ1v) is 9.59. The van der Waals surface area contributed by atoms with Crippen LogP contribution in [0.2, 0.25) is 5.02 Å². The summed E-state index contributed by atoms with van der Waals surface area (Å²) in [5.74, 6) is -0.0119. The summed E-state index contributed by atoms with van der Waals surface area (Å²) >= 11 is 7.64. The van der Waals surface area contributed by atoms with Crippen molar-refractivity contribution in [3.63, 3.8) is 0 Å². The molecule has 0 radical (unpaired) electrons. The Morgan fingerprint density at radius 2 is 2.12 bits per heavy atom. The average Bonchev–Trinajstić information content (AvgIpc) is 3.22. The number of benzene rings is 1. The van der Waals surface area contributed by atoms with Crippen LogP contribution < -0.4 is 10.1 Å². The SMILES string of the molecule is O=C1CCC(C(=O)N2CCC(Oc3nc4c(Cl)cccc4s3)CC2)N1. The van der Waals surface area contributed by atoms with Crippen LogP contribution in [0.1, 0.15) is 25.7 Å². The minimum Gasteiger partial charge on any atom is -0.467 e. The maximum Gasteiger partial charge on any atom is 0.274 e. The van der Waals surface area contributed by atoms with Gasteiger partial charge in [-0.15, -0.1) is 0 Å². The normalized spacial score (nSPS) is 21.6. The number of halogens is 1. The van der Waals surface area contributed by atoms with Crippen molar-refractivity contribution >= 4 is 45.0 Å². The van der Waals surface area contributed by atoms with Crippen molar-refractivity contribution in [3.05, 3.63) is 23.2 Å². The van der Waals surface area contributed by atoms with E-state index in [9.17, 15) is 9.59 Å². The van der Waals surface area contributed by atoms with E-state index in [0.29, 0.717) is 36.1 Å². The van der Waals surface area contributed by atoms with Gasteiger partial charge in [0.15, 0.2) is 0 Å². The highest BCUT2D eigenvalue weighted by Gasteiger charge is 2.33. The zero-order valence-electron chi connectivity index (χ0n) is 13.5. The van der Waals surface area contributed by atoms with Crippen LogP contribution in [0.3, 0.4) is 0 Å². The molecule has 1 atom stereocenters. The van der Waals surface area contributed by atoms with Gasteiger partial charge < -0.3 is 15.0 Å². The van der Waals surface area contributed by atoms with Gasteiger partial charge in [0.05, 0.1) is 9.72 Å². The van der Waals surface area contributed by atoms with Crippen molar-refractivity contribution in [1.29, 1.82) is 0 Å². The highest BCUT2D eigenvalue weighted by atomic mass is 35.5. The van der Waals surface area contributed by atoms with E-state index >= 15 is 0 Å². The summed E-state index contributed by atoms with van der Waals surface area (Å²) in [5.41, 5.74) is 0.772. The summed E-state index contributed by atoms with van der Waals surface area (Å²) in [7, 11) is 0. The molecule has 2 amide bonds. The number of hydrogen-bond donors (Lipinski definition) is 1. The monoisotopic (exact) mass is 379 g/mol. The standard InChI is InChI=1S/C17H18ClN3O3S/c18-11-2-1-3-13-15(11)20-17(25-13)24-10-6-8-21(9-7-10)16(23)12-4-5-14(22)19-12/h1-3,10,12H,4-9H2,(H,19,22). The molecule has 0 aliphatic carbocycles. The van der Waals surface area contributed by atoms with Crippen molar-refractivity contribution in [3.8, 4) is 5.19 Å². The molecule has 8 heteroatoms. The maximum absolute atomic E-state index is 12.4. The number of rotatable bonds is 3. The molecule has 0 bridgehead atoms. The lowest BCUT2D eigenvalue weighted by atomic mass is 10.1. The number of aromatic nitrogens is 1. The number of para-hydroxylation sites is 1. The second kappa shape index (κ2) is 6.80. The van der Waals surface area contributed by atoms with Gasteiger partial charge in [0.25, 0.3) is 5.19 Å². The summed E-state index contributed by atoms with van der Waals surface area (Å²) in [6.45, 7) is 1.28. The molecule has 1 aromatic heterocycles. The smallest absolute Gasteiger partial charge is 0.274 e. The van der Waals surface area contributed by atoms with Crippen molar-refractivity contribution in [1.82, 2.24) is 15.2 Å². The van der Waals surface area contributed by atoms with Crippen LogP contribution in [-0.2, 0) is 9.59 Å². The number of fused-ring (bicyclic) bond motifs is 1. The van der Waals surface area contributed by atoms with Crippen LogP contribution in [0.25, 0.3) is 10.2 Å². The molecule has 1 aromatic carbocycles. The topological polar surface area (TPSA) is 71.5 Å². The minimum absolute atomic E-state index is 0.0241. The van der Waals surface area contributed by atoms with Gasteiger partial charge >= 0.3 is 0 Å². The molecule has 0 saturated carbocycles. The van der Waals surface area contributed by atoms with Crippen molar-refractivity contribution in [2.24, 2.45) is 0 Å². The Balaban J connectivity index is 1.34. The number of nitrogens with zero attached hydrogens (tertiary/aromatic N) is 2. The molecule has 25 heavy (non-hydrogen) atoms. The average molecular weight is 380 g/mol. The Labute approximate surface area is 154 Å². The summed E-state index contributed by atoms with van der Waals surface area (Å²) in [6, 6.07) is 5.34. The molecule has 4 rings (SSSR count). The number of nitrogens with one attached hydrogen (secondary N) is 1. The third-order valence-corrected chi connectivity index (χ3v) is 5.88. The fraction of sp³-hybridized carbons (Fsp3) is 0.471. The number of carbonyl (C=O) groups excluding carboxylic acids is 2. The summed E-state index contributed by atoms with van der Waals surface area (Å²) in [6.07, 6.45) is 2.60. The van der Waals surface area contributed by atoms with Gasteiger partial charge in [0, 0.05) is 32.4 Å². The fourth-order valence-electron chi connectivity index (χ4n) is 3.30. The van der Waals surface area contributed by atoms with E-state index in [1.165, 1.54) is 11.3 Å². The van der Waals surface area contributed by atoms with Crippen LogP contribution in [0.4, 0.5) is 0 Å². The van der Waals surface area contributed by atoms with Crippen LogP contribution in [-0.4, -0.2) is 46.9 Å². The Morgan fingerprint density at radius 1 is 1.32 bits per heavy atom. The van der Waals surface area contributed by atoms with Crippen LogP contribution >= 0.6 is 22.9 Å². The molecular weight excluding hydrogens is 362 g/mol. The van der Waals surface area contributed by atoms with Crippen molar-refractivity contribution in [2.75, 3.05) is 13.1 Å². The summed E-state index contributed by atoms with van der Waals surface area (Å²) in [4.78, 5) is 30.0. The van der Waals surface area contributed by atoms with Gasteiger partial charge in [-0.05, 0) is 18.6 Å². The first-order chi connectivity index (χ1) is 12.1. The molecule has 2 aliphatic heterocycles. The first kappa shape index (κ1) is 16.6. The highest BCUT2D eigenvalue weighted by Crippen LogP contribution is 2.33. The molecule has 1 unspecified atom stereocenters. The summed E-state index contributed by atoms with van der Waals surface area (Å²) < 4.78 is 7.01. The van der Waals surface area contributed by atoms with E-state index in [0.717, 1.165) is 23.1 Å². The van der Waals surface area contributed by atoms with Gasteiger partial charge in [-0.25, -0.2) is 4.98 Å². The Hall–Kier alpha value is -1.86. The predicted molar refractivity (Wildman–Crippen MR) is 96.0 cm³/mol. The summed E-state index contributed by atoms with van der Waals surface area (Å²) in [5, 5.41) is 3.99. The molecule has 2 aromatic rings. The van der Waals surface area contributed by atoms with Crippen molar-refractivity contribution in [2.45, 2.75) is 37.8 Å². The first-order valence-electron chi connectivity index (χ1n) is 8.40. The lowest BCUT2D eigenvalue weighted by molar-refractivity contribution is -0.136. The van der Waals surface area contributed by atoms with E-state index in [2.05, 4.69) is 10.3 Å². The Morgan fingerprint density at radius 3 is 2.80 bits per heavy atom. The van der Waals surface area contributed by atoms with Crippen LogP contribution in [0.15, 0.2) is 18.2 Å². The lowest BCUT2D eigenvalue weighted by Crippen LogP contribution is -2.49. The van der Waals surface area contributed by atoms with Gasteiger partial charge in [0.2, 0.25) is 11.8 Å². The second-order valence-electron chi connectivity index (χ2n) is 6.37. The number of likely N-dealkylation sites (tertiary alicyclic amines) is 1. The van der Waals surface area contributed by atoms with Gasteiger partial charge in [-0.2, -0.15) is 0 Å². The zero-order valence-corrected chi connectivity index (χ0v) is 15.1. The van der Waals surface area contributed by atoms with Crippen LogP contribution in [0, 0.1) is 0 Å². The number of carbonyl (C=O) groups is 2. The number of piperidine rings is 1. The number of thiazole rings is 1. The molecule has 0 spiro atoms. The number of hydrogen-bond acceptors (Lipinski definition) is 5. The third-order valence-electron chi connectivity index (χ3n) is 4.66. The minimum atomic E-state index is -0.351. The quantitative estimate of drug-likeness (QED) is 0.889. The van der Waals surface area contributed by atoms with Gasteiger partial charge in [-0.3, -0.25) is 9.59 Å². The van der Waals surface area contributed by atoms with Gasteiger partial charge in [0.1, 0.15) is 17.7 Å². The zero-order chi connectivity index (χ0) is 17.4. The lowest BCUT2D eigenvalue weighted by Gasteiger charge is -2.33. The van der Waals surface area contributed by atoms with E-state index in [1.807, 2.05) is 23.1 Å². The van der Waals surface area contributed by atoms with E-state index < -0.39 is 0 Å². The highest BCUT2D eigenvalue weighted by molar-refractivity contribution is 7.20. The van der Waals surface area contributed by atoms with Crippen molar-refractivity contribution < 1.29 is 14.3 Å². The van der Waals surface area contributed by atoms with Gasteiger partial charge in [-0.1, -0.05) is 29.0 Å². The van der Waals surface area contributed by atoms with E-state index in [-0.39, 0.29) is 24.0 Å². The fourth-order valence-corrected chi connectivity index (χ4v) is 4.48. The second-order valence-corrected chi connectivity index (χ2v) is 7.77. The molecule has 2 fully saturated rings. The predicted octanol–water partition coefficient (Wildman–Crippen LogP) is 2.60. The maximum atomic E-state index is 12.4. The Bertz CT molecular complexity index is 817. The molecule has 3 heterocycles. The van der Waals surface area contributed by atoms with E-state index in [1.54, 1.807) is 0 Å². The molecule has 2 saturated heterocycles. The molecule has 1 N–H and O–H groups in total. The molecule has 2 aliphatic rings.